The van der Waals surface area contributed by atoms with Crippen molar-refractivity contribution in [1.82, 2.24) is 29.9 Å². The zero-order valence-corrected chi connectivity index (χ0v) is 18.0. The van der Waals surface area contributed by atoms with Gasteiger partial charge in [-0.1, -0.05) is 0 Å². The first-order chi connectivity index (χ1) is 15.7. The molecule has 6 rings (SSSR count). The van der Waals surface area contributed by atoms with E-state index in [0.29, 0.717) is 25.7 Å². The average Bonchev–Trinajstić information content (AvgIpc) is 3.57. The predicted octanol–water partition coefficient (Wildman–Crippen LogP) is 2.42. The van der Waals surface area contributed by atoms with Crippen molar-refractivity contribution < 1.29 is 4.74 Å². The molecule has 5 heterocycles. The number of pyridine rings is 2. The normalized spacial score (nSPS) is 20.8. The van der Waals surface area contributed by atoms with E-state index in [1.165, 1.54) is 11.1 Å². The maximum absolute atomic E-state index is 6.03. The van der Waals surface area contributed by atoms with E-state index in [0.717, 1.165) is 53.3 Å². The van der Waals surface area contributed by atoms with Gasteiger partial charge in [-0.2, -0.15) is 14.9 Å². The van der Waals surface area contributed by atoms with Crippen LogP contribution in [0.2, 0.25) is 0 Å². The summed E-state index contributed by atoms with van der Waals surface area (Å²) in [7, 11) is 0. The fourth-order valence-corrected chi connectivity index (χ4v) is 5.03. The van der Waals surface area contributed by atoms with Gasteiger partial charge in [0.25, 0.3) is 0 Å². The molecule has 4 aromatic heterocycles. The molecule has 0 aromatic carbocycles. The molecule has 9 nitrogen and oxygen atoms in total. The van der Waals surface area contributed by atoms with Crippen molar-refractivity contribution in [3.05, 3.63) is 48.0 Å². The summed E-state index contributed by atoms with van der Waals surface area (Å²) in [6.07, 6.45) is 7.56. The highest BCUT2D eigenvalue weighted by molar-refractivity contribution is 5.96. The molecule has 2 atom stereocenters. The van der Waals surface area contributed by atoms with E-state index < -0.39 is 0 Å². The highest BCUT2D eigenvalue weighted by Gasteiger charge is 2.28. The third kappa shape index (κ3) is 3.00. The van der Waals surface area contributed by atoms with Gasteiger partial charge in [0.05, 0.1) is 31.6 Å². The monoisotopic (exact) mass is 430 g/mol. The third-order valence-corrected chi connectivity index (χ3v) is 6.70. The summed E-state index contributed by atoms with van der Waals surface area (Å²) in [6, 6.07) is 6.46. The highest BCUT2D eigenvalue weighted by atomic mass is 16.5. The topological polar surface area (TPSA) is 111 Å². The van der Waals surface area contributed by atoms with Crippen LogP contribution in [-0.2, 0) is 11.2 Å². The van der Waals surface area contributed by atoms with Gasteiger partial charge in [-0.3, -0.25) is 10.1 Å². The van der Waals surface area contributed by atoms with Crippen LogP contribution in [0.15, 0.2) is 36.8 Å². The Morgan fingerprint density at radius 1 is 1.25 bits per heavy atom. The molecule has 0 spiro atoms. The van der Waals surface area contributed by atoms with Crippen molar-refractivity contribution >= 4 is 16.9 Å². The number of anilines is 1. The SMILES string of the molecule is C[C@@H]1COCCN1c1cc(-c2ccnc3c2CCC3CN)c2cnn(-c3ccn[nH]3)c2n1. The number of fused-ring (bicyclic) bond motifs is 2. The molecular formula is C23H26N8O. The Bertz CT molecular complexity index is 1260. The lowest BCUT2D eigenvalue weighted by atomic mass is 9.97. The summed E-state index contributed by atoms with van der Waals surface area (Å²) in [5, 5.41) is 12.8. The van der Waals surface area contributed by atoms with Gasteiger partial charge in [0.1, 0.15) is 5.82 Å². The lowest BCUT2D eigenvalue weighted by Crippen LogP contribution is -2.44. The minimum absolute atomic E-state index is 0.245. The van der Waals surface area contributed by atoms with Gasteiger partial charge < -0.3 is 15.4 Å². The van der Waals surface area contributed by atoms with E-state index >= 15 is 0 Å². The fraction of sp³-hybridized carbons (Fsp3) is 0.391. The maximum Gasteiger partial charge on any atom is 0.167 e. The van der Waals surface area contributed by atoms with E-state index in [1.807, 2.05) is 23.1 Å². The Morgan fingerprint density at radius 3 is 3.00 bits per heavy atom. The van der Waals surface area contributed by atoms with Crippen LogP contribution in [0.25, 0.3) is 28.0 Å². The molecule has 1 fully saturated rings. The Labute approximate surface area is 185 Å². The number of hydrogen-bond donors (Lipinski definition) is 2. The molecule has 3 N–H and O–H groups in total. The smallest absolute Gasteiger partial charge is 0.167 e. The van der Waals surface area contributed by atoms with Crippen LogP contribution in [0, 0.1) is 0 Å². The molecule has 0 radical (unpaired) electrons. The molecule has 1 aliphatic heterocycles. The van der Waals surface area contributed by atoms with Gasteiger partial charge in [-0.05, 0) is 48.6 Å². The maximum atomic E-state index is 6.03. The minimum atomic E-state index is 0.245. The van der Waals surface area contributed by atoms with Gasteiger partial charge in [-0.25, -0.2) is 4.98 Å². The number of hydrogen-bond acceptors (Lipinski definition) is 7. The third-order valence-electron chi connectivity index (χ3n) is 6.70. The Morgan fingerprint density at radius 2 is 2.19 bits per heavy atom. The van der Waals surface area contributed by atoms with Crippen molar-refractivity contribution in [3.8, 4) is 16.9 Å². The first-order valence-corrected chi connectivity index (χ1v) is 11.2. The Kier molecular flexibility index (Phi) is 4.65. The molecule has 32 heavy (non-hydrogen) atoms. The van der Waals surface area contributed by atoms with Gasteiger partial charge in [0, 0.05) is 42.4 Å². The number of aromatic nitrogens is 6. The molecule has 0 saturated carbocycles. The molecule has 0 amide bonds. The predicted molar refractivity (Wildman–Crippen MR) is 122 cm³/mol. The van der Waals surface area contributed by atoms with Crippen LogP contribution in [-0.4, -0.2) is 62.3 Å². The summed E-state index contributed by atoms with van der Waals surface area (Å²) in [6.45, 7) is 5.00. The Balaban J connectivity index is 1.59. The van der Waals surface area contributed by atoms with E-state index in [-0.39, 0.29) is 6.04 Å². The van der Waals surface area contributed by atoms with Crippen LogP contribution < -0.4 is 10.6 Å². The summed E-state index contributed by atoms with van der Waals surface area (Å²) >= 11 is 0. The average molecular weight is 431 g/mol. The zero-order valence-electron chi connectivity index (χ0n) is 18.0. The quantitative estimate of drug-likeness (QED) is 0.511. The molecule has 164 valence electrons. The number of rotatable bonds is 4. The molecular weight excluding hydrogens is 404 g/mol. The summed E-state index contributed by atoms with van der Waals surface area (Å²) in [5.74, 6) is 2.05. The number of nitrogens with zero attached hydrogens (tertiary/aromatic N) is 6. The number of aromatic amines is 1. The van der Waals surface area contributed by atoms with E-state index in [4.69, 9.17) is 20.4 Å². The number of morpholine rings is 1. The van der Waals surface area contributed by atoms with Crippen molar-refractivity contribution in [2.75, 3.05) is 31.2 Å². The molecule has 0 bridgehead atoms. The van der Waals surface area contributed by atoms with Crippen LogP contribution in [0.1, 0.15) is 30.5 Å². The van der Waals surface area contributed by atoms with E-state index in [9.17, 15) is 0 Å². The fourth-order valence-electron chi connectivity index (χ4n) is 5.03. The number of ether oxygens (including phenoxy) is 1. The first kappa shape index (κ1) is 19.4. The number of H-pyrrole nitrogens is 1. The van der Waals surface area contributed by atoms with Crippen LogP contribution in [0.3, 0.4) is 0 Å². The largest absolute Gasteiger partial charge is 0.377 e. The standard InChI is InChI=1S/C23H26N8O/c1-14-13-32-9-8-30(14)21-10-18(16-4-6-25-22-15(11-24)2-3-17(16)22)19-12-27-31(23(19)28-21)20-5-7-26-29-20/h4-7,10,12,14-15H,2-3,8-9,11,13,24H2,1H3,(H,26,29)/t14-,15?/m1/s1. The lowest BCUT2D eigenvalue weighted by molar-refractivity contribution is 0.0986. The molecule has 1 unspecified atom stereocenters. The molecule has 1 aliphatic carbocycles. The van der Waals surface area contributed by atoms with Crippen molar-refractivity contribution in [2.45, 2.75) is 31.7 Å². The second-order valence-electron chi connectivity index (χ2n) is 8.57. The molecule has 2 aliphatic rings. The van der Waals surface area contributed by atoms with Gasteiger partial charge in [0.15, 0.2) is 11.5 Å². The van der Waals surface area contributed by atoms with Gasteiger partial charge in [-0.15, -0.1) is 0 Å². The van der Waals surface area contributed by atoms with Gasteiger partial charge >= 0.3 is 0 Å². The first-order valence-electron chi connectivity index (χ1n) is 11.2. The van der Waals surface area contributed by atoms with Gasteiger partial charge in [0.2, 0.25) is 0 Å². The van der Waals surface area contributed by atoms with Crippen LogP contribution in [0.5, 0.6) is 0 Å². The number of nitrogens with one attached hydrogen (secondary N) is 1. The second kappa shape index (κ2) is 7.68. The zero-order chi connectivity index (χ0) is 21.7. The minimum Gasteiger partial charge on any atom is -0.377 e. The molecule has 1 saturated heterocycles. The lowest BCUT2D eigenvalue weighted by Gasteiger charge is -2.34. The van der Waals surface area contributed by atoms with E-state index in [2.05, 4.69) is 39.3 Å². The molecule has 4 aromatic rings. The van der Waals surface area contributed by atoms with Crippen molar-refractivity contribution in [3.63, 3.8) is 0 Å². The summed E-state index contributed by atoms with van der Waals surface area (Å²) in [4.78, 5) is 12.1. The molecule has 9 heteroatoms. The second-order valence-corrected chi connectivity index (χ2v) is 8.57. The van der Waals surface area contributed by atoms with Crippen LogP contribution >= 0.6 is 0 Å². The van der Waals surface area contributed by atoms with E-state index in [1.54, 1.807) is 6.20 Å². The van der Waals surface area contributed by atoms with Crippen LogP contribution in [0.4, 0.5) is 5.82 Å². The Hall–Kier alpha value is -3.30. The summed E-state index contributed by atoms with van der Waals surface area (Å²) in [5.41, 5.74) is 11.6. The number of nitrogens with two attached hydrogens (primary N) is 1. The van der Waals surface area contributed by atoms with Crippen molar-refractivity contribution in [2.24, 2.45) is 5.73 Å². The van der Waals surface area contributed by atoms with Crippen molar-refractivity contribution in [1.29, 1.82) is 0 Å². The highest BCUT2D eigenvalue weighted by Crippen LogP contribution is 2.40. The summed E-state index contributed by atoms with van der Waals surface area (Å²) < 4.78 is 7.49.